The van der Waals surface area contributed by atoms with Gasteiger partial charge in [-0.25, -0.2) is 4.79 Å². The van der Waals surface area contributed by atoms with Crippen molar-refractivity contribution in [3.8, 4) is 0 Å². The fourth-order valence-corrected chi connectivity index (χ4v) is 3.94. The van der Waals surface area contributed by atoms with E-state index in [2.05, 4.69) is 17.6 Å². The maximum atomic E-state index is 13.0. The molecule has 0 aromatic heterocycles. The number of carbonyl (C=O) groups is 1. The van der Waals surface area contributed by atoms with Gasteiger partial charge in [0.1, 0.15) is 6.10 Å². The van der Waals surface area contributed by atoms with E-state index in [9.17, 15) is 4.79 Å². The van der Waals surface area contributed by atoms with Crippen molar-refractivity contribution in [2.45, 2.75) is 45.3 Å². The van der Waals surface area contributed by atoms with Gasteiger partial charge in [0.05, 0.1) is 11.6 Å². The molecule has 0 unspecified atom stereocenters. The van der Waals surface area contributed by atoms with Gasteiger partial charge in [-0.1, -0.05) is 19.1 Å². The molecule has 3 atom stereocenters. The molecule has 0 bridgehead atoms. The summed E-state index contributed by atoms with van der Waals surface area (Å²) in [6.07, 6.45) is 3.19. The third kappa shape index (κ3) is 3.85. The fourth-order valence-electron chi connectivity index (χ4n) is 3.67. The van der Waals surface area contributed by atoms with Crippen molar-refractivity contribution in [3.05, 3.63) is 41.1 Å². The van der Waals surface area contributed by atoms with E-state index in [0.717, 1.165) is 36.2 Å². The third-order valence-corrected chi connectivity index (χ3v) is 5.49. The van der Waals surface area contributed by atoms with Gasteiger partial charge in [0, 0.05) is 25.5 Å². The minimum atomic E-state index is -0.302. The van der Waals surface area contributed by atoms with E-state index >= 15 is 0 Å². The van der Waals surface area contributed by atoms with Gasteiger partial charge in [0.2, 0.25) is 0 Å². The Labute approximate surface area is 160 Å². The molecule has 0 amide bonds. The summed E-state index contributed by atoms with van der Waals surface area (Å²) in [6, 6.07) is 7.84. The summed E-state index contributed by atoms with van der Waals surface area (Å²) < 4.78 is 5.85. The largest absolute Gasteiger partial charge is 0.459 e. The number of carbonyl (C=O) groups excluding carboxylic acids is 1. The standard InChI is InChI=1S/C20H27N3O2S/c1-12-6-5-7-16(12)25-19(24)17-13(2)21-20(26)22-18(17)14-8-10-15(11-9-14)23(3)4/h8-12,16,18H,5-7H2,1-4H3,(H2,21,22,26)/t12-,16-,18-/m1/s1. The van der Waals surface area contributed by atoms with Crippen LogP contribution in [0.25, 0.3) is 0 Å². The first-order valence-corrected chi connectivity index (χ1v) is 9.54. The molecule has 1 saturated carbocycles. The molecule has 6 heteroatoms. The Balaban J connectivity index is 1.87. The SMILES string of the molecule is CC1=C(C(=O)O[C@@H]2CCC[C@H]2C)[C@@H](c2ccc(N(C)C)cc2)NC(=S)N1. The van der Waals surface area contributed by atoms with Gasteiger partial charge in [0.15, 0.2) is 5.11 Å². The topological polar surface area (TPSA) is 53.6 Å². The van der Waals surface area contributed by atoms with Gasteiger partial charge in [0.25, 0.3) is 0 Å². The van der Waals surface area contributed by atoms with Crippen LogP contribution in [0, 0.1) is 5.92 Å². The molecule has 2 aliphatic rings. The number of nitrogens with zero attached hydrogens (tertiary/aromatic N) is 1. The number of nitrogens with one attached hydrogen (secondary N) is 2. The lowest BCUT2D eigenvalue weighted by molar-refractivity contribution is -0.146. The zero-order chi connectivity index (χ0) is 18.8. The lowest BCUT2D eigenvalue weighted by Crippen LogP contribution is -2.45. The van der Waals surface area contributed by atoms with E-state index < -0.39 is 0 Å². The summed E-state index contributed by atoms with van der Waals surface area (Å²) in [5.74, 6) is 0.161. The molecular weight excluding hydrogens is 346 g/mol. The summed E-state index contributed by atoms with van der Waals surface area (Å²) in [6.45, 7) is 4.03. The van der Waals surface area contributed by atoms with Crippen molar-refractivity contribution in [1.29, 1.82) is 0 Å². The maximum Gasteiger partial charge on any atom is 0.338 e. The summed E-state index contributed by atoms with van der Waals surface area (Å²) in [5.41, 5.74) is 3.46. The van der Waals surface area contributed by atoms with Crippen molar-refractivity contribution < 1.29 is 9.53 Å². The molecule has 5 nitrogen and oxygen atoms in total. The Bertz CT molecular complexity index is 727. The molecule has 3 rings (SSSR count). The third-order valence-electron chi connectivity index (χ3n) is 5.27. The molecule has 0 saturated heterocycles. The van der Waals surface area contributed by atoms with Gasteiger partial charge in [-0.3, -0.25) is 0 Å². The second-order valence-electron chi connectivity index (χ2n) is 7.41. The van der Waals surface area contributed by atoms with Crippen LogP contribution in [0.2, 0.25) is 0 Å². The fraction of sp³-hybridized carbons (Fsp3) is 0.500. The predicted octanol–water partition coefficient (Wildman–Crippen LogP) is 3.28. The smallest absolute Gasteiger partial charge is 0.338 e. The number of rotatable bonds is 4. The van der Waals surface area contributed by atoms with Gasteiger partial charge in [-0.05, 0) is 62.0 Å². The van der Waals surface area contributed by atoms with Crippen molar-refractivity contribution in [1.82, 2.24) is 10.6 Å². The number of benzene rings is 1. The van der Waals surface area contributed by atoms with Crippen molar-refractivity contribution >= 4 is 29.0 Å². The molecular formula is C20H27N3O2S. The van der Waals surface area contributed by atoms with Crippen LogP contribution in [-0.2, 0) is 9.53 Å². The predicted molar refractivity (Wildman–Crippen MR) is 108 cm³/mol. The summed E-state index contributed by atoms with van der Waals surface area (Å²) in [7, 11) is 4.01. The van der Waals surface area contributed by atoms with Crippen molar-refractivity contribution in [2.24, 2.45) is 5.92 Å². The molecule has 1 aromatic rings. The quantitative estimate of drug-likeness (QED) is 0.624. The van der Waals surface area contributed by atoms with Gasteiger partial charge in [-0.2, -0.15) is 0 Å². The zero-order valence-corrected chi connectivity index (χ0v) is 16.7. The Morgan fingerprint density at radius 3 is 2.50 bits per heavy atom. The van der Waals surface area contributed by atoms with E-state index in [4.69, 9.17) is 17.0 Å². The summed E-state index contributed by atoms with van der Waals surface area (Å²) in [4.78, 5) is 15.0. The average molecular weight is 374 g/mol. The van der Waals surface area contributed by atoms with Crippen LogP contribution in [-0.4, -0.2) is 31.3 Å². The number of anilines is 1. The Morgan fingerprint density at radius 2 is 1.92 bits per heavy atom. The van der Waals surface area contributed by atoms with E-state index in [-0.39, 0.29) is 18.1 Å². The maximum absolute atomic E-state index is 13.0. The first-order chi connectivity index (χ1) is 12.4. The molecule has 2 N–H and O–H groups in total. The molecule has 140 valence electrons. The number of esters is 1. The van der Waals surface area contributed by atoms with Gasteiger partial charge >= 0.3 is 5.97 Å². The van der Waals surface area contributed by atoms with Crippen LogP contribution in [0.5, 0.6) is 0 Å². The molecule has 1 aliphatic carbocycles. The highest BCUT2D eigenvalue weighted by atomic mass is 32.1. The molecule has 1 fully saturated rings. The molecule has 1 aromatic carbocycles. The van der Waals surface area contributed by atoms with Crippen LogP contribution < -0.4 is 15.5 Å². The van der Waals surface area contributed by atoms with Crippen molar-refractivity contribution in [3.63, 3.8) is 0 Å². The van der Waals surface area contributed by atoms with Crippen LogP contribution in [0.4, 0.5) is 5.69 Å². The first kappa shape index (κ1) is 18.7. The average Bonchev–Trinajstić information content (AvgIpc) is 2.99. The Morgan fingerprint density at radius 1 is 1.23 bits per heavy atom. The number of hydrogen-bond acceptors (Lipinski definition) is 4. The highest BCUT2D eigenvalue weighted by Gasteiger charge is 2.34. The monoisotopic (exact) mass is 373 g/mol. The second-order valence-corrected chi connectivity index (χ2v) is 7.82. The van der Waals surface area contributed by atoms with E-state index in [0.29, 0.717) is 16.6 Å². The summed E-state index contributed by atoms with van der Waals surface area (Å²) in [5, 5.41) is 6.82. The molecule has 1 aliphatic heterocycles. The molecule has 1 heterocycles. The highest BCUT2D eigenvalue weighted by molar-refractivity contribution is 7.80. The van der Waals surface area contributed by atoms with Crippen LogP contribution in [0.15, 0.2) is 35.5 Å². The van der Waals surface area contributed by atoms with Crippen LogP contribution >= 0.6 is 12.2 Å². The lowest BCUT2D eigenvalue weighted by atomic mass is 9.95. The summed E-state index contributed by atoms with van der Waals surface area (Å²) >= 11 is 5.31. The highest BCUT2D eigenvalue weighted by Crippen LogP contribution is 2.32. The zero-order valence-electron chi connectivity index (χ0n) is 15.8. The second kappa shape index (κ2) is 7.66. The Hall–Kier alpha value is -2.08. The number of ether oxygens (including phenoxy) is 1. The van der Waals surface area contributed by atoms with Crippen molar-refractivity contribution in [2.75, 3.05) is 19.0 Å². The first-order valence-electron chi connectivity index (χ1n) is 9.13. The number of hydrogen-bond donors (Lipinski definition) is 2. The van der Waals surface area contributed by atoms with E-state index in [1.54, 1.807) is 0 Å². The lowest BCUT2D eigenvalue weighted by Gasteiger charge is -2.31. The van der Waals surface area contributed by atoms with Crippen LogP contribution in [0.3, 0.4) is 0 Å². The minimum absolute atomic E-state index is 0.00782. The van der Waals surface area contributed by atoms with E-state index in [1.165, 1.54) is 0 Å². The van der Waals surface area contributed by atoms with Gasteiger partial charge < -0.3 is 20.3 Å². The van der Waals surface area contributed by atoms with Crippen LogP contribution in [0.1, 0.15) is 44.7 Å². The molecule has 0 radical (unpaired) electrons. The molecule has 26 heavy (non-hydrogen) atoms. The van der Waals surface area contributed by atoms with Gasteiger partial charge in [-0.15, -0.1) is 0 Å². The van der Waals surface area contributed by atoms with E-state index in [1.807, 2.05) is 50.2 Å². The minimum Gasteiger partial charge on any atom is -0.459 e. The number of allylic oxidation sites excluding steroid dienone is 1. The number of thiocarbonyl (C=S) groups is 1. The Kier molecular flexibility index (Phi) is 5.51. The normalized spacial score (nSPS) is 25.5. The molecule has 0 spiro atoms.